The van der Waals surface area contributed by atoms with E-state index in [1.807, 2.05) is 6.07 Å². The van der Waals surface area contributed by atoms with Gasteiger partial charge in [-0.1, -0.05) is 0 Å². The Morgan fingerprint density at radius 3 is 2.60 bits per heavy atom. The minimum atomic E-state index is -0.579. The molecule has 0 saturated heterocycles. The maximum absolute atomic E-state index is 11.7. The first kappa shape index (κ1) is 13.4. The molecule has 1 heterocycles. The first-order chi connectivity index (χ1) is 9.60. The largest absolute Gasteiger partial charge is 0.493 e. The Balaban J connectivity index is 2.69. The molecule has 20 heavy (non-hydrogen) atoms. The topological polar surface area (TPSA) is 114 Å². The number of nitrogens with two attached hydrogens (primary N) is 1. The summed E-state index contributed by atoms with van der Waals surface area (Å²) in [6.07, 6.45) is 0. The van der Waals surface area contributed by atoms with Crippen LogP contribution in [0.3, 0.4) is 0 Å². The van der Waals surface area contributed by atoms with Gasteiger partial charge in [0.2, 0.25) is 5.95 Å². The van der Waals surface area contributed by atoms with E-state index >= 15 is 0 Å². The van der Waals surface area contributed by atoms with Crippen molar-refractivity contribution in [3.05, 3.63) is 34.1 Å². The van der Waals surface area contributed by atoms with Gasteiger partial charge in [-0.25, -0.2) is 4.98 Å². The van der Waals surface area contributed by atoms with Gasteiger partial charge in [0.25, 0.3) is 5.56 Å². The average Bonchev–Trinajstić information content (AvgIpc) is 2.45. The van der Waals surface area contributed by atoms with Crippen LogP contribution in [0.15, 0.2) is 23.0 Å². The number of nitrogens with one attached hydrogen (secondary N) is 1. The van der Waals surface area contributed by atoms with Crippen LogP contribution < -0.4 is 20.8 Å². The van der Waals surface area contributed by atoms with Gasteiger partial charge < -0.3 is 15.2 Å². The lowest BCUT2D eigenvalue weighted by Crippen LogP contribution is -2.16. The number of hydrogen-bond donors (Lipinski definition) is 2. The van der Waals surface area contributed by atoms with Crippen molar-refractivity contribution >= 4 is 5.95 Å². The summed E-state index contributed by atoms with van der Waals surface area (Å²) in [6.45, 7) is 0. The van der Waals surface area contributed by atoms with E-state index in [0.717, 1.165) is 0 Å². The molecule has 0 aliphatic heterocycles. The number of benzene rings is 1. The number of hydrogen-bond acceptors (Lipinski definition) is 6. The van der Waals surface area contributed by atoms with Gasteiger partial charge in [-0.05, 0) is 18.2 Å². The van der Waals surface area contributed by atoms with Crippen LogP contribution in [0, 0.1) is 11.3 Å². The summed E-state index contributed by atoms with van der Waals surface area (Å²) in [7, 11) is 3.01. The molecule has 2 aromatic rings. The number of anilines is 1. The van der Waals surface area contributed by atoms with Crippen LogP contribution in [0.5, 0.6) is 11.5 Å². The van der Waals surface area contributed by atoms with Crippen molar-refractivity contribution in [3.8, 4) is 28.8 Å². The number of nitrogen functional groups attached to an aromatic ring is 1. The zero-order valence-corrected chi connectivity index (χ0v) is 10.9. The Hall–Kier alpha value is -3.01. The third-order valence-electron chi connectivity index (χ3n) is 2.71. The lowest BCUT2D eigenvalue weighted by Gasteiger charge is -2.10. The fourth-order valence-electron chi connectivity index (χ4n) is 1.79. The molecule has 1 aromatic heterocycles. The molecule has 0 bridgehead atoms. The molecule has 0 atom stereocenters. The summed E-state index contributed by atoms with van der Waals surface area (Å²) in [5.74, 6) is 0.945. The van der Waals surface area contributed by atoms with Crippen molar-refractivity contribution in [1.29, 1.82) is 5.26 Å². The summed E-state index contributed by atoms with van der Waals surface area (Å²) >= 11 is 0. The zero-order valence-electron chi connectivity index (χ0n) is 10.9. The van der Waals surface area contributed by atoms with Gasteiger partial charge in [0.05, 0.1) is 19.9 Å². The van der Waals surface area contributed by atoms with Crippen LogP contribution in [0.1, 0.15) is 5.56 Å². The lowest BCUT2D eigenvalue weighted by molar-refractivity contribution is 0.355. The van der Waals surface area contributed by atoms with E-state index in [9.17, 15) is 4.79 Å². The smallest absolute Gasteiger partial charge is 0.270 e. The van der Waals surface area contributed by atoms with Crippen molar-refractivity contribution < 1.29 is 9.47 Å². The van der Waals surface area contributed by atoms with Crippen LogP contribution in [-0.2, 0) is 0 Å². The molecule has 0 radical (unpaired) electrons. The van der Waals surface area contributed by atoms with E-state index in [1.165, 1.54) is 14.2 Å². The van der Waals surface area contributed by atoms with Crippen molar-refractivity contribution in [2.75, 3.05) is 20.0 Å². The SMILES string of the molecule is COc1ccc(-c2nc(N)[nH]c(=O)c2C#N)cc1OC. The number of rotatable bonds is 3. The quantitative estimate of drug-likeness (QED) is 0.858. The molecule has 0 saturated carbocycles. The highest BCUT2D eigenvalue weighted by atomic mass is 16.5. The van der Waals surface area contributed by atoms with Gasteiger partial charge >= 0.3 is 0 Å². The first-order valence-electron chi connectivity index (χ1n) is 5.63. The van der Waals surface area contributed by atoms with Gasteiger partial charge in [0.1, 0.15) is 11.6 Å². The number of aromatic amines is 1. The molecular weight excluding hydrogens is 260 g/mol. The second-order valence-corrected chi connectivity index (χ2v) is 3.86. The highest BCUT2D eigenvalue weighted by Gasteiger charge is 2.14. The number of nitrogens with zero attached hydrogens (tertiary/aromatic N) is 2. The first-order valence-corrected chi connectivity index (χ1v) is 5.63. The fraction of sp³-hybridized carbons (Fsp3) is 0.154. The third kappa shape index (κ3) is 2.27. The molecule has 0 aliphatic carbocycles. The van der Waals surface area contributed by atoms with Gasteiger partial charge in [-0.2, -0.15) is 5.26 Å². The van der Waals surface area contributed by atoms with Crippen molar-refractivity contribution in [1.82, 2.24) is 9.97 Å². The third-order valence-corrected chi connectivity index (χ3v) is 2.71. The van der Waals surface area contributed by atoms with E-state index < -0.39 is 5.56 Å². The predicted molar refractivity (Wildman–Crippen MR) is 72.5 cm³/mol. The number of ether oxygens (including phenoxy) is 2. The van der Waals surface area contributed by atoms with Gasteiger partial charge in [0.15, 0.2) is 11.5 Å². The second-order valence-electron chi connectivity index (χ2n) is 3.86. The Morgan fingerprint density at radius 1 is 1.30 bits per heavy atom. The van der Waals surface area contributed by atoms with E-state index in [0.29, 0.717) is 17.1 Å². The number of H-pyrrole nitrogens is 1. The molecule has 3 N–H and O–H groups in total. The van der Waals surface area contributed by atoms with Crippen LogP contribution in [-0.4, -0.2) is 24.2 Å². The second kappa shape index (κ2) is 5.32. The molecule has 0 spiro atoms. The standard InChI is InChI=1S/C13H12N4O3/c1-19-9-4-3-7(5-10(9)20-2)11-8(6-14)12(18)17-13(15)16-11/h3-5H,1-2H3,(H3,15,16,17,18). The molecule has 7 heteroatoms. The van der Waals surface area contributed by atoms with Crippen molar-refractivity contribution in [2.24, 2.45) is 0 Å². The van der Waals surface area contributed by atoms with Crippen LogP contribution in [0.4, 0.5) is 5.95 Å². The van der Waals surface area contributed by atoms with E-state index in [1.54, 1.807) is 18.2 Å². The van der Waals surface area contributed by atoms with E-state index in [4.69, 9.17) is 20.5 Å². The van der Waals surface area contributed by atoms with E-state index in [-0.39, 0.29) is 17.2 Å². The zero-order chi connectivity index (χ0) is 14.7. The molecule has 1 aromatic carbocycles. The Morgan fingerprint density at radius 2 is 2.00 bits per heavy atom. The van der Waals surface area contributed by atoms with Crippen LogP contribution >= 0.6 is 0 Å². The summed E-state index contributed by atoms with van der Waals surface area (Å²) in [6, 6.07) is 6.78. The summed E-state index contributed by atoms with van der Waals surface area (Å²) in [5.41, 5.74) is 5.57. The number of methoxy groups -OCH3 is 2. The molecule has 0 aliphatic rings. The average molecular weight is 272 g/mol. The Kier molecular flexibility index (Phi) is 3.57. The maximum Gasteiger partial charge on any atom is 0.270 e. The molecule has 0 amide bonds. The van der Waals surface area contributed by atoms with Crippen molar-refractivity contribution in [2.45, 2.75) is 0 Å². The van der Waals surface area contributed by atoms with Crippen LogP contribution in [0.25, 0.3) is 11.3 Å². The molecule has 2 rings (SSSR count). The Labute approximate surface area is 114 Å². The molecule has 102 valence electrons. The van der Waals surface area contributed by atoms with Crippen molar-refractivity contribution in [3.63, 3.8) is 0 Å². The molecular formula is C13H12N4O3. The summed E-state index contributed by atoms with van der Waals surface area (Å²) in [4.78, 5) is 18.0. The van der Waals surface area contributed by atoms with Crippen LogP contribution in [0.2, 0.25) is 0 Å². The highest BCUT2D eigenvalue weighted by molar-refractivity contribution is 5.69. The highest BCUT2D eigenvalue weighted by Crippen LogP contribution is 2.32. The fourth-order valence-corrected chi connectivity index (χ4v) is 1.79. The minimum Gasteiger partial charge on any atom is -0.493 e. The number of aromatic nitrogens is 2. The normalized spacial score (nSPS) is 9.85. The minimum absolute atomic E-state index is 0.0567. The van der Waals surface area contributed by atoms with E-state index in [2.05, 4.69) is 9.97 Å². The molecule has 0 fully saturated rings. The monoisotopic (exact) mass is 272 g/mol. The lowest BCUT2D eigenvalue weighted by atomic mass is 10.1. The molecule has 0 unspecified atom stereocenters. The van der Waals surface area contributed by atoms with Gasteiger partial charge in [-0.3, -0.25) is 9.78 Å². The summed E-state index contributed by atoms with van der Waals surface area (Å²) in [5, 5.41) is 9.07. The maximum atomic E-state index is 11.7. The number of nitriles is 1. The molecule has 7 nitrogen and oxygen atoms in total. The van der Waals surface area contributed by atoms with Gasteiger partial charge in [-0.15, -0.1) is 0 Å². The predicted octanol–water partition coefficient (Wildman–Crippen LogP) is 0.908. The van der Waals surface area contributed by atoms with Gasteiger partial charge in [0, 0.05) is 5.56 Å². The Bertz CT molecular complexity index is 746. The summed E-state index contributed by atoms with van der Waals surface area (Å²) < 4.78 is 10.3.